The van der Waals surface area contributed by atoms with Gasteiger partial charge < -0.3 is 29.3 Å². The zero-order valence-corrected chi connectivity index (χ0v) is 15.0. The maximum Gasteiger partial charge on any atom is 0.272 e. The third kappa shape index (κ3) is 6.29. The van der Waals surface area contributed by atoms with E-state index in [1.54, 1.807) is 18.2 Å². The summed E-state index contributed by atoms with van der Waals surface area (Å²) in [6.07, 6.45) is 1.27. The number of ether oxygens (including phenoxy) is 2. The fraction of sp³-hybridized carbons (Fsp3) is 0.111. The van der Waals surface area contributed by atoms with Crippen LogP contribution in [-0.2, 0) is 9.59 Å². The molecule has 0 fully saturated rings. The van der Waals surface area contributed by atoms with Crippen LogP contribution in [0.4, 0.5) is 0 Å². The topological polar surface area (TPSA) is 140 Å². The van der Waals surface area contributed by atoms with Crippen molar-refractivity contribution in [1.29, 1.82) is 0 Å². The average Bonchev–Trinajstić information content (AvgIpc) is 2.65. The zero-order chi connectivity index (χ0) is 20.5. The average molecular weight is 405 g/mol. The Morgan fingerprint density at radius 3 is 2.29 bits per heavy atom. The molecule has 2 rings (SSSR count). The Morgan fingerprint density at radius 1 is 1.00 bits per heavy atom. The number of rotatable bonds is 9. The number of nitrogens with one attached hydrogen (secondary N) is 1. The van der Waals surface area contributed by atoms with Crippen molar-refractivity contribution >= 4 is 35.7 Å². The minimum absolute atomic E-state index is 0.0114. The quantitative estimate of drug-likeness (QED) is 0.433. The zero-order valence-electron chi connectivity index (χ0n) is 14.2. The number of hydrazone groups is 1. The minimum Gasteiger partial charge on any atom is -0.546 e. The number of carbonyl (C=O) groups is 3. The summed E-state index contributed by atoms with van der Waals surface area (Å²) in [7, 11) is 0. The largest absolute Gasteiger partial charge is 0.546 e. The molecular formula is C18H13ClN2O7-2. The summed E-state index contributed by atoms with van der Waals surface area (Å²) in [5.41, 5.74) is 2.95. The summed E-state index contributed by atoms with van der Waals surface area (Å²) in [6.45, 7) is -1.52. The maximum absolute atomic E-state index is 12.0. The fourth-order valence-corrected chi connectivity index (χ4v) is 2.20. The van der Waals surface area contributed by atoms with Crippen molar-refractivity contribution in [3.05, 3.63) is 58.6 Å². The van der Waals surface area contributed by atoms with Gasteiger partial charge >= 0.3 is 0 Å². The molecule has 2 aromatic carbocycles. The van der Waals surface area contributed by atoms with E-state index in [1.807, 2.05) is 0 Å². The highest BCUT2D eigenvalue weighted by molar-refractivity contribution is 6.33. The number of hydrogen-bond acceptors (Lipinski definition) is 8. The SMILES string of the molecule is O=C([O-])COc1ccc(C=NNC(=O)c2ccccc2Cl)cc1OCC(=O)[O-]. The van der Waals surface area contributed by atoms with Crippen LogP contribution >= 0.6 is 11.6 Å². The molecule has 2 aromatic rings. The maximum atomic E-state index is 12.0. The first-order chi connectivity index (χ1) is 13.4. The van der Waals surface area contributed by atoms with Crippen LogP contribution in [0.25, 0.3) is 0 Å². The number of carboxylic acids is 2. The third-order valence-corrected chi connectivity index (χ3v) is 3.49. The van der Waals surface area contributed by atoms with Crippen LogP contribution in [0.3, 0.4) is 0 Å². The lowest BCUT2D eigenvalue weighted by Crippen LogP contribution is -2.30. The number of halogens is 1. The van der Waals surface area contributed by atoms with Gasteiger partial charge in [0.25, 0.3) is 5.91 Å². The van der Waals surface area contributed by atoms with E-state index in [1.165, 1.54) is 30.5 Å². The van der Waals surface area contributed by atoms with Gasteiger partial charge in [-0.05, 0) is 35.9 Å². The van der Waals surface area contributed by atoms with Gasteiger partial charge in [-0.25, -0.2) is 5.43 Å². The van der Waals surface area contributed by atoms with Crippen molar-refractivity contribution in [2.75, 3.05) is 13.2 Å². The number of aliphatic carboxylic acids is 2. The van der Waals surface area contributed by atoms with Crippen LogP contribution in [0.2, 0.25) is 5.02 Å². The van der Waals surface area contributed by atoms with Gasteiger partial charge in [0.15, 0.2) is 11.5 Å². The van der Waals surface area contributed by atoms with Crippen molar-refractivity contribution < 1.29 is 34.1 Å². The molecule has 28 heavy (non-hydrogen) atoms. The highest BCUT2D eigenvalue weighted by Gasteiger charge is 2.09. The molecule has 1 amide bonds. The van der Waals surface area contributed by atoms with Crippen molar-refractivity contribution in [3.8, 4) is 11.5 Å². The first-order valence-corrected chi connectivity index (χ1v) is 8.12. The summed E-state index contributed by atoms with van der Waals surface area (Å²) >= 11 is 5.92. The second-order valence-electron chi connectivity index (χ2n) is 5.21. The van der Waals surface area contributed by atoms with Crippen molar-refractivity contribution in [2.24, 2.45) is 5.10 Å². The lowest BCUT2D eigenvalue weighted by molar-refractivity contribution is -0.309. The second kappa shape index (κ2) is 9.93. The van der Waals surface area contributed by atoms with E-state index in [9.17, 15) is 24.6 Å². The molecule has 0 bridgehead atoms. The number of benzene rings is 2. The molecule has 0 unspecified atom stereocenters. The van der Waals surface area contributed by atoms with Crippen molar-refractivity contribution in [1.82, 2.24) is 5.43 Å². The van der Waals surface area contributed by atoms with Gasteiger partial charge in [-0.15, -0.1) is 0 Å². The molecule has 0 atom stereocenters. The second-order valence-corrected chi connectivity index (χ2v) is 5.61. The van der Waals surface area contributed by atoms with Crippen LogP contribution in [0.15, 0.2) is 47.6 Å². The number of carboxylic acid groups (broad SMARTS) is 2. The summed E-state index contributed by atoms with van der Waals surface area (Å²) in [5.74, 6) is -3.52. The van der Waals surface area contributed by atoms with E-state index in [2.05, 4.69) is 10.5 Å². The molecule has 9 nitrogen and oxygen atoms in total. The van der Waals surface area contributed by atoms with E-state index < -0.39 is 31.1 Å². The summed E-state index contributed by atoms with van der Waals surface area (Å²) in [5, 5.41) is 25.1. The number of carbonyl (C=O) groups excluding carboxylic acids is 3. The molecule has 0 aliphatic rings. The third-order valence-electron chi connectivity index (χ3n) is 3.16. The summed E-state index contributed by atoms with van der Waals surface area (Å²) in [4.78, 5) is 33.1. The predicted octanol–water partition coefficient (Wildman–Crippen LogP) is -0.639. The first-order valence-electron chi connectivity index (χ1n) is 7.74. The molecule has 0 saturated carbocycles. The molecule has 0 aromatic heterocycles. The van der Waals surface area contributed by atoms with Gasteiger partial charge in [-0.1, -0.05) is 23.7 Å². The number of amides is 1. The summed E-state index contributed by atoms with van der Waals surface area (Å²) in [6, 6.07) is 10.6. The Morgan fingerprint density at radius 2 is 1.64 bits per heavy atom. The van der Waals surface area contributed by atoms with E-state index in [0.717, 1.165) is 0 Å². The molecule has 0 radical (unpaired) electrons. The van der Waals surface area contributed by atoms with Gasteiger partial charge in [-0.3, -0.25) is 4.79 Å². The normalized spacial score (nSPS) is 10.5. The number of hydrogen-bond donors (Lipinski definition) is 1. The van der Waals surface area contributed by atoms with Gasteiger partial charge in [0.05, 0.1) is 28.7 Å². The molecule has 0 aliphatic heterocycles. The number of nitrogens with zero attached hydrogens (tertiary/aromatic N) is 1. The Labute approximate surface area is 164 Å². The highest BCUT2D eigenvalue weighted by Crippen LogP contribution is 2.28. The molecule has 0 aliphatic carbocycles. The fourth-order valence-electron chi connectivity index (χ4n) is 1.98. The molecule has 0 saturated heterocycles. The lowest BCUT2D eigenvalue weighted by Gasteiger charge is -2.14. The highest BCUT2D eigenvalue weighted by atomic mass is 35.5. The van der Waals surface area contributed by atoms with E-state index in [0.29, 0.717) is 5.56 Å². The Balaban J connectivity index is 2.11. The van der Waals surface area contributed by atoms with Crippen LogP contribution < -0.4 is 25.1 Å². The van der Waals surface area contributed by atoms with E-state index in [-0.39, 0.29) is 22.1 Å². The smallest absolute Gasteiger partial charge is 0.272 e. The van der Waals surface area contributed by atoms with Crippen LogP contribution in [0.1, 0.15) is 15.9 Å². The van der Waals surface area contributed by atoms with Crippen molar-refractivity contribution in [3.63, 3.8) is 0 Å². The van der Waals surface area contributed by atoms with Crippen LogP contribution in [-0.4, -0.2) is 37.3 Å². The standard InChI is InChI=1S/C18H15ClN2O7/c19-13-4-2-1-3-12(13)18(26)21-20-8-11-5-6-14(27-9-16(22)23)15(7-11)28-10-17(24)25/h1-8H,9-10H2,(H,21,26)(H,22,23)(H,24,25)/p-2. The lowest BCUT2D eigenvalue weighted by atomic mass is 10.2. The van der Waals surface area contributed by atoms with Crippen molar-refractivity contribution in [2.45, 2.75) is 0 Å². The van der Waals surface area contributed by atoms with Crippen LogP contribution in [0, 0.1) is 0 Å². The molecule has 10 heteroatoms. The molecular weight excluding hydrogens is 392 g/mol. The van der Waals surface area contributed by atoms with E-state index in [4.69, 9.17) is 21.1 Å². The van der Waals surface area contributed by atoms with Gasteiger partial charge in [0.2, 0.25) is 0 Å². The molecule has 1 N–H and O–H groups in total. The monoisotopic (exact) mass is 404 g/mol. The molecule has 0 heterocycles. The van der Waals surface area contributed by atoms with E-state index >= 15 is 0 Å². The molecule has 146 valence electrons. The predicted molar refractivity (Wildman–Crippen MR) is 94.0 cm³/mol. The molecule has 0 spiro atoms. The summed E-state index contributed by atoms with van der Waals surface area (Å²) < 4.78 is 9.99. The van der Waals surface area contributed by atoms with Gasteiger partial charge in [0.1, 0.15) is 13.2 Å². The Kier molecular flexibility index (Phi) is 7.35. The first kappa shape index (κ1) is 20.7. The van der Waals surface area contributed by atoms with Gasteiger partial charge in [-0.2, -0.15) is 5.10 Å². The van der Waals surface area contributed by atoms with Crippen LogP contribution in [0.5, 0.6) is 11.5 Å². The Bertz CT molecular complexity index is 915. The van der Waals surface area contributed by atoms with Gasteiger partial charge in [0, 0.05) is 0 Å². The Hall–Kier alpha value is -3.59. The minimum atomic E-state index is -1.48.